The molecule has 2 rings (SSSR count). The number of methoxy groups -OCH3 is 1. The van der Waals surface area contributed by atoms with Gasteiger partial charge in [0.05, 0.1) is 13.3 Å². The standard InChI is InChI=1S/C18H31N5O2.HI/c1-19-18(20-10-7-5-4-6-8-17(24)25-3)23-11-9-15(14-23)16-12-21-22(2)13-16;/h12-13,15H,4-11,14H2,1-3H3,(H,19,20);1H. The quantitative estimate of drug-likeness (QED) is 0.205. The van der Waals surface area contributed by atoms with Crippen LogP contribution in [-0.2, 0) is 16.6 Å². The first-order chi connectivity index (χ1) is 12.1. The van der Waals surface area contributed by atoms with Gasteiger partial charge in [0.25, 0.3) is 0 Å². The molecule has 8 heteroatoms. The van der Waals surface area contributed by atoms with E-state index in [0.29, 0.717) is 12.3 Å². The summed E-state index contributed by atoms with van der Waals surface area (Å²) in [5.41, 5.74) is 1.31. The number of hydrogen-bond donors (Lipinski definition) is 1. The third kappa shape index (κ3) is 7.13. The summed E-state index contributed by atoms with van der Waals surface area (Å²) in [4.78, 5) is 17.8. The molecule has 0 spiro atoms. The molecule has 1 atom stereocenters. The predicted molar refractivity (Wildman–Crippen MR) is 114 cm³/mol. The zero-order valence-electron chi connectivity index (χ0n) is 16.1. The molecular weight excluding hydrogens is 445 g/mol. The van der Waals surface area contributed by atoms with Gasteiger partial charge in [-0.1, -0.05) is 12.8 Å². The SMILES string of the molecule is CN=C(NCCCCCCC(=O)OC)N1CCC(c2cnn(C)c2)C1.I. The van der Waals surface area contributed by atoms with Crippen LogP contribution in [0.2, 0.25) is 0 Å². The fourth-order valence-electron chi connectivity index (χ4n) is 3.26. The summed E-state index contributed by atoms with van der Waals surface area (Å²) in [5, 5.41) is 7.74. The maximum atomic E-state index is 11.0. The second-order valence-corrected chi connectivity index (χ2v) is 6.59. The number of halogens is 1. The van der Waals surface area contributed by atoms with E-state index in [1.807, 2.05) is 25.0 Å². The van der Waals surface area contributed by atoms with Crippen molar-refractivity contribution in [3.8, 4) is 0 Å². The molecule has 1 saturated heterocycles. The van der Waals surface area contributed by atoms with Gasteiger partial charge >= 0.3 is 5.97 Å². The Bertz CT molecular complexity index is 576. The number of nitrogens with one attached hydrogen (secondary N) is 1. The normalized spacial score (nSPS) is 17.1. The van der Waals surface area contributed by atoms with Gasteiger partial charge in [-0.05, 0) is 24.8 Å². The Kier molecular flexibility index (Phi) is 10.6. The molecule has 1 unspecified atom stereocenters. The first-order valence-corrected chi connectivity index (χ1v) is 9.15. The summed E-state index contributed by atoms with van der Waals surface area (Å²) in [6, 6.07) is 0. The van der Waals surface area contributed by atoms with E-state index in [1.165, 1.54) is 12.7 Å². The number of hydrogen-bond acceptors (Lipinski definition) is 4. The van der Waals surface area contributed by atoms with Gasteiger partial charge in [0.1, 0.15) is 0 Å². The second-order valence-electron chi connectivity index (χ2n) is 6.59. The van der Waals surface area contributed by atoms with Crippen LogP contribution in [0.3, 0.4) is 0 Å². The van der Waals surface area contributed by atoms with Crippen molar-refractivity contribution in [2.75, 3.05) is 33.8 Å². The van der Waals surface area contributed by atoms with Gasteiger partial charge in [-0.25, -0.2) is 0 Å². The number of likely N-dealkylation sites (tertiary alicyclic amines) is 1. The third-order valence-corrected chi connectivity index (χ3v) is 4.71. The Balaban J connectivity index is 0.00000338. The van der Waals surface area contributed by atoms with E-state index in [-0.39, 0.29) is 29.9 Å². The summed E-state index contributed by atoms with van der Waals surface area (Å²) < 4.78 is 6.51. The molecule has 1 fully saturated rings. The molecule has 1 aliphatic rings. The van der Waals surface area contributed by atoms with Crippen LogP contribution in [0.4, 0.5) is 0 Å². The van der Waals surface area contributed by atoms with Crippen LogP contribution >= 0.6 is 24.0 Å². The number of ether oxygens (including phenoxy) is 1. The summed E-state index contributed by atoms with van der Waals surface area (Å²) in [6.45, 7) is 2.93. The van der Waals surface area contributed by atoms with Crippen molar-refractivity contribution in [1.29, 1.82) is 0 Å². The van der Waals surface area contributed by atoms with Gasteiger partial charge in [0.2, 0.25) is 0 Å². The number of guanidine groups is 1. The van der Waals surface area contributed by atoms with Crippen molar-refractivity contribution < 1.29 is 9.53 Å². The number of nitrogens with zero attached hydrogens (tertiary/aromatic N) is 4. The molecule has 1 aromatic heterocycles. The van der Waals surface area contributed by atoms with Crippen LogP contribution in [0.15, 0.2) is 17.4 Å². The average Bonchev–Trinajstić information content (AvgIpc) is 3.26. The Labute approximate surface area is 173 Å². The first kappa shape index (κ1) is 22.7. The molecule has 1 aliphatic heterocycles. The number of carbonyl (C=O) groups excluding carboxylic acids is 1. The van der Waals surface area contributed by atoms with Crippen LogP contribution in [0, 0.1) is 0 Å². The molecule has 1 N–H and O–H groups in total. The average molecular weight is 477 g/mol. The lowest BCUT2D eigenvalue weighted by molar-refractivity contribution is -0.140. The molecule has 26 heavy (non-hydrogen) atoms. The van der Waals surface area contributed by atoms with Crippen LogP contribution in [0.25, 0.3) is 0 Å². The van der Waals surface area contributed by atoms with E-state index in [1.54, 1.807) is 0 Å². The molecule has 0 radical (unpaired) electrons. The van der Waals surface area contributed by atoms with E-state index in [0.717, 1.165) is 57.7 Å². The minimum Gasteiger partial charge on any atom is -0.469 e. The lowest BCUT2D eigenvalue weighted by Crippen LogP contribution is -2.40. The topological polar surface area (TPSA) is 71.8 Å². The molecule has 1 aromatic rings. The summed E-state index contributed by atoms with van der Waals surface area (Å²) >= 11 is 0. The molecule has 0 amide bonds. The van der Waals surface area contributed by atoms with Crippen LogP contribution in [0.5, 0.6) is 0 Å². The van der Waals surface area contributed by atoms with E-state index in [2.05, 4.69) is 31.2 Å². The summed E-state index contributed by atoms with van der Waals surface area (Å²) in [6.07, 6.45) is 9.90. The van der Waals surface area contributed by atoms with Crippen molar-refractivity contribution in [1.82, 2.24) is 20.0 Å². The molecule has 0 saturated carbocycles. The highest BCUT2D eigenvalue weighted by Gasteiger charge is 2.26. The van der Waals surface area contributed by atoms with E-state index in [9.17, 15) is 4.79 Å². The smallest absolute Gasteiger partial charge is 0.305 e. The van der Waals surface area contributed by atoms with Crippen molar-refractivity contribution in [3.05, 3.63) is 18.0 Å². The van der Waals surface area contributed by atoms with Crippen molar-refractivity contribution in [2.45, 2.75) is 44.4 Å². The molecule has 0 aliphatic carbocycles. The van der Waals surface area contributed by atoms with Crippen LogP contribution < -0.4 is 5.32 Å². The number of carbonyl (C=O) groups is 1. The molecular formula is C18H32IN5O2. The lowest BCUT2D eigenvalue weighted by atomic mass is 10.0. The first-order valence-electron chi connectivity index (χ1n) is 9.15. The largest absolute Gasteiger partial charge is 0.469 e. The van der Waals surface area contributed by atoms with E-state index < -0.39 is 0 Å². The fraction of sp³-hybridized carbons (Fsp3) is 0.722. The molecule has 0 bridgehead atoms. The number of rotatable bonds is 8. The fourth-order valence-corrected chi connectivity index (χ4v) is 3.26. The Morgan fingerprint density at radius 3 is 2.81 bits per heavy atom. The number of aryl methyl sites for hydroxylation is 1. The number of aromatic nitrogens is 2. The molecule has 2 heterocycles. The predicted octanol–water partition coefficient (Wildman–Crippen LogP) is 2.53. The van der Waals surface area contributed by atoms with E-state index in [4.69, 9.17) is 0 Å². The highest BCUT2D eigenvalue weighted by atomic mass is 127. The van der Waals surface area contributed by atoms with Gasteiger partial charge in [0.15, 0.2) is 5.96 Å². The number of aliphatic imine (C=N–C) groups is 1. The highest BCUT2D eigenvalue weighted by molar-refractivity contribution is 14.0. The maximum Gasteiger partial charge on any atom is 0.305 e. The summed E-state index contributed by atoms with van der Waals surface area (Å²) in [5.74, 6) is 1.40. The van der Waals surface area contributed by atoms with Crippen LogP contribution in [0.1, 0.15) is 50.0 Å². The van der Waals surface area contributed by atoms with Gasteiger partial charge in [0, 0.05) is 52.3 Å². The van der Waals surface area contributed by atoms with Gasteiger partial charge in [-0.3, -0.25) is 14.5 Å². The van der Waals surface area contributed by atoms with E-state index >= 15 is 0 Å². The minimum absolute atomic E-state index is 0. The highest BCUT2D eigenvalue weighted by Crippen LogP contribution is 2.26. The summed E-state index contributed by atoms with van der Waals surface area (Å²) in [7, 11) is 5.24. The van der Waals surface area contributed by atoms with Crippen molar-refractivity contribution in [3.63, 3.8) is 0 Å². The molecule has 0 aromatic carbocycles. The lowest BCUT2D eigenvalue weighted by Gasteiger charge is -2.21. The van der Waals surface area contributed by atoms with Gasteiger partial charge < -0.3 is 15.0 Å². The number of esters is 1. The Morgan fingerprint density at radius 1 is 1.38 bits per heavy atom. The monoisotopic (exact) mass is 477 g/mol. The van der Waals surface area contributed by atoms with Crippen molar-refractivity contribution >= 4 is 35.9 Å². The third-order valence-electron chi connectivity index (χ3n) is 4.71. The van der Waals surface area contributed by atoms with Crippen LogP contribution in [-0.4, -0.2) is 60.4 Å². The minimum atomic E-state index is -0.115. The second kappa shape index (κ2) is 12.1. The number of unbranched alkanes of at least 4 members (excludes halogenated alkanes) is 3. The zero-order chi connectivity index (χ0) is 18.1. The molecule has 148 valence electrons. The van der Waals surface area contributed by atoms with Gasteiger partial charge in [-0.15, -0.1) is 24.0 Å². The Hall–Kier alpha value is -1.32. The Morgan fingerprint density at radius 2 is 2.15 bits per heavy atom. The zero-order valence-corrected chi connectivity index (χ0v) is 18.4. The van der Waals surface area contributed by atoms with Crippen molar-refractivity contribution in [2.24, 2.45) is 12.0 Å². The van der Waals surface area contributed by atoms with Gasteiger partial charge in [-0.2, -0.15) is 5.10 Å². The maximum absolute atomic E-state index is 11.0. The molecule has 7 nitrogen and oxygen atoms in total.